The molecule has 0 aliphatic heterocycles. The largest absolute Gasteiger partial charge is 0.143 e. The fraction of sp³-hybridized carbons (Fsp3) is 0.286. The number of allylic oxidation sites excluding steroid dienone is 4. The van der Waals surface area contributed by atoms with E-state index in [-0.39, 0.29) is 0 Å². The number of rotatable bonds is 2. The number of hydrogen-bond donors (Lipinski definition) is 1. The maximum absolute atomic E-state index is 4.55. The Morgan fingerprint density at radius 3 is 2.87 bits per heavy atom. The van der Waals surface area contributed by atoms with Crippen LogP contribution >= 0.6 is 12.6 Å². The highest BCUT2D eigenvalue weighted by molar-refractivity contribution is 7.80. The van der Waals surface area contributed by atoms with Crippen molar-refractivity contribution in [3.63, 3.8) is 0 Å². The third kappa shape index (κ3) is 1.76. The van der Waals surface area contributed by atoms with Gasteiger partial charge >= 0.3 is 0 Å². The molecule has 0 atom stereocenters. The summed E-state index contributed by atoms with van der Waals surface area (Å²) in [6.45, 7) is 4.29. The lowest BCUT2D eigenvalue weighted by atomic mass is 10.0. The van der Waals surface area contributed by atoms with Crippen LogP contribution in [0.3, 0.4) is 0 Å². The predicted molar refractivity (Wildman–Crippen MR) is 69.4 cm³/mol. The smallest absolute Gasteiger partial charge is 0.0118 e. The molecular formula is C14H16S. The Bertz CT molecular complexity index is 439. The maximum Gasteiger partial charge on any atom is 0.0118 e. The van der Waals surface area contributed by atoms with E-state index in [2.05, 4.69) is 56.8 Å². The molecule has 0 radical (unpaired) electrons. The highest BCUT2D eigenvalue weighted by atomic mass is 32.1. The van der Waals surface area contributed by atoms with E-state index in [0.717, 1.165) is 17.7 Å². The molecule has 0 aromatic heterocycles. The molecule has 2 rings (SSSR count). The topological polar surface area (TPSA) is 0 Å². The monoisotopic (exact) mass is 216 g/mol. The second-order valence-electron chi connectivity index (χ2n) is 3.85. The Balaban J connectivity index is 2.57. The van der Waals surface area contributed by atoms with E-state index in [4.69, 9.17) is 0 Å². The summed E-state index contributed by atoms with van der Waals surface area (Å²) in [5.41, 5.74) is 5.72. The first-order valence-electron chi connectivity index (χ1n) is 5.43. The number of fused-ring (bicyclic) bond motifs is 1. The summed E-state index contributed by atoms with van der Waals surface area (Å²) < 4.78 is 0. The molecule has 0 amide bonds. The molecule has 0 N–H and O–H groups in total. The van der Waals surface area contributed by atoms with E-state index < -0.39 is 0 Å². The molecule has 0 heterocycles. The molecule has 78 valence electrons. The van der Waals surface area contributed by atoms with Crippen LogP contribution in [0.1, 0.15) is 31.4 Å². The Labute approximate surface area is 97.1 Å². The van der Waals surface area contributed by atoms with E-state index >= 15 is 0 Å². The lowest BCUT2D eigenvalue weighted by Gasteiger charge is -2.06. The molecule has 15 heavy (non-hydrogen) atoms. The van der Waals surface area contributed by atoms with Crippen molar-refractivity contribution in [1.29, 1.82) is 0 Å². The van der Waals surface area contributed by atoms with Crippen molar-refractivity contribution in [3.8, 4) is 0 Å². The van der Waals surface area contributed by atoms with E-state index in [1.165, 1.54) is 22.3 Å². The minimum Gasteiger partial charge on any atom is -0.143 e. The first-order valence-corrected chi connectivity index (χ1v) is 5.88. The average molecular weight is 216 g/mol. The Morgan fingerprint density at radius 2 is 2.20 bits per heavy atom. The summed E-state index contributed by atoms with van der Waals surface area (Å²) in [6, 6.07) is 6.38. The summed E-state index contributed by atoms with van der Waals surface area (Å²) in [4.78, 5) is 1.11. The fourth-order valence-corrected chi connectivity index (χ4v) is 2.68. The number of thiol groups is 1. The molecule has 0 saturated carbocycles. The van der Waals surface area contributed by atoms with Crippen LogP contribution in [0.5, 0.6) is 0 Å². The summed E-state index contributed by atoms with van der Waals surface area (Å²) in [5.74, 6) is 0. The molecular weight excluding hydrogens is 200 g/mol. The molecule has 0 bridgehead atoms. The molecule has 1 aliphatic carbocycles. The van der Waals surface area contributed by atoms with E-state index in [9.17, 15) is 0 Å². The Kier molecular flexibility index (Phi) is 3.01. The van der Waals surface area contributed by atoms with Gasteiger partial charge in [0.15, 0.2) is 0 Å². The molecule has 0 unspecified atom stereocenters. The minimum atomic E-state index is 1.07. The van der Waals surface area contributed by atoms with Gasteiger partial charge in [0.25, 0.3) is 0 Å². The van der Waals surface area contributed by atoms with Crippen molar-refractivity contribution in [2.45, 2.75) is 31.6 Å². The second-order valence-corrected chi connectivity index (χ2v) is 4.33. The fourth-order valence-electron chi connectivity index (χ4n) is 2.32. The maximum atomic E-state index is 4.55. The van der Waals surface area contributed by atoms with Crippen molar-refractivity contribution in [1.82, 2.24) is 0 Å². The van der Waals surface area contributed by atoms with Gasteiger partial charge in [0.1, 0.15) is 0 Å². The second kappa shape index (κ2) is 4.28. The molecule has 0 saturated heterocycles. The molecule has 1 aromatic carbocycles. The van der Waals surface area contributed by atoms with Gasteiger partial charge in [0.05, 0.1) is 0 Å². The summed E-state index contributed by atoms with van der Waals surface area (Å²) in [6.07, 6.45) is 6.50. The zero-order chi connectivity index (χ0) is 10.8. The van der Waals surface area contributed by atoms with Crippen LogP contribution in [0.2, 0.25) is 0 Å². The van der Waals surface area contributed by atoms with Gasteiger partial charge in [-0.05, 0) is 48.1 Å². The highest BCUT2D eigenvalue weighted by Crippen LogP contribution is 2.38. The van der Waals surface area contributed by atoms with Crippen LogP contribution in [0.4, 0.5) is 0 Å². The van der Waals surface area contributed by atoms with Crippen molar-refractivity contribution >= 4 is 18.2 Å². The normalized spacial score (nSPS) is 15.1. The zero-order valence-electron chi connectivity index (χ0n) is 9.25. The quantitative estimate of drug-likeness (QED) is 0.701. The lowest BCUT2D eigenvalue weighted by molar-refractivity contribution is 1.22. The average Bonchev–Trinajstić information content (AvgIpc) is 2.57. The van der Waals surface area contributed by atoms with Gasteiger partial charge in [0, 0.05) is 4.90 Å². The molecule has 1 heteroatoms. The van der Waals surface area contributed by atoms with Crippen LogP contribution in [0.15, 0.2) is 40.8 Å². The van der Waals surface area contributed by atoms with E-state index in [0.29, 0.717) is 0 Å². The van der Waals surface area contributed by atoms with Gasteiger partial charge in [-0.2, -0.15) is 0 Å². The molecule has 0 nitrogen and oxygen atoms in total. The molecule has 1 aliphatic rings. The van der Waals surface area contributed by atoms with Gasteiger partial charge in [0.2, 0.25) is 0 Å². The van der Waals surface area contributed by atoms with Crippen LogP contribution in [0, 0.1) is 0 Å². The minimum absolute atomic E-state index is 1.07. The lowest BCUT2D eigenvalue weighted by Crippen LogP contribution is -1.85. The van der Waals surface area contributed by atoms with Gasteiger partial charge in [-0.25, -0.2) is 0 Å². The highest BCUT2D eigenvalue weighted by Gasteiger charge is 2.19. The van der Waals surface area contributed by atoms with Crippen molar-refractivity contribution < 1.29 is 0 Å². The zero-order valence-corrected chi connectivity index (χ0v) is 10.1. The van der Waals surface area contributed by atoms with Crippen molar-refractivity contribution in [2.75, 3.05) is 0 Å². The Hall–Kier alpha value is -0.950. The van der Waals surface area contributed by atoms with Crippen molar-refractivity contribution in [2.24, 2.45) is 0 Å². The van der Waals surface area contributed by atoms with E-state index in [1.54, 1.807) is 0 Å². The van der Waals surface area contributed by atoms with Gasteiger partial charge < -0.3 is 0 Å². The SMILES string of the molecule is C/C=C\C1=C(CC)c2c(S)cccc2C1. The van der Waals surface area contributed by atoms with Gasteiger partial charge in [-0.15, -0.1) is 12.6 Å². The molecule has 0 spiro atoms. The summed E-state index contributed by atoms with van der Waals surface area (Å²) >= 11 is 4.55. The summed E-state index contributed by atoms with van der Waals surface area (Å²) in [7, 11) is 0. The number of benzene rings is 1. The van der Waals surface area contributed by atoms with Crippen LogP contribution in [-0.4, -0.2) is 0 Å². The van der Waals surface area contributed by atoms with Gasteiger partial charge in [-0.1, -0.05) is 31.2 Å². The van der Waals surface area contributed by atoms with Crippen LogP contribution in [-0.2, 0) is 6.42 Å². The van der Waals surface area contributed by atoms with Gasteiger partial charge in [-0.3, -0.25) is 0 Å². The van der Waals surface area contributed by atoms with E-state index in [1.807, 2.05) is 0 Å². The van der Waals surface area contributed by atoms with Crippen LogP contribution < -0.4 is 0 Å². The predicted octanol–water partition coefficient (Wildman–Crippen LogP) is 4.27. The summed E-state index contributed by atoms with van der Waals surface area (Å²) in [5, 5.41) is 0. The number of hydrogen-bond acceptors (Lipinski definition) is 1. The molecule has 1 aromatic rings. The van der Waals surface area contributed by atoms with Crippen LogP contribution in [0.25, 0.3) is 5.57 Å². The third-order valence-corrected chi connectivity index (χ3v) is 3.29. The standard InChI is InChI=1S/C14H16S/c1-3-6-10-9-11-7-5-8-13(15)14(11)12(10)4-2/h3,5-8,15H,4,9H2,1-2H3/b6-3-. The Morgan fingerprint density at radius 1 is 1.40 bits per heavy atom. The third-order valence-electron chi connectivity index (χ3n) is 2.92. The molecule has 0 fully saturated rings. The first kappa shape index (κ1) is 10.6. The first-order chi connectivity index (χ1) is 7.27. The van der Waals surface area contributed by atoms with Crippen molar-refractivity contribution in [3.05, 3.63) is 47.1 Å².